The number of piperidine rings is 1. The molecule has 2 heterocycles. The molecule has 1 aromatic rings. The molecule has 1 aromatic carbocycles. The number of nitrogens with zero attached hydrogens (tertiary/aromatic N) is 2. The zero-order valence-electron chi connectivity index (χ0n) is 19.8. The van der Waals surface area contributed by atoms with Gasteiger partial charge >= 0.3 is 0 Å². The smallest absolute Gasteiger partial charge is 0.246 e. The van der Waals surface area contributed by atoms with Gasteiger partial charge in [0.2, 0.25) is 11.8 Å². The maximum Gasteiger partial charge on any atom is 0.246 e. The molecular weight excluding hydrogens is 438 g/mol. The van der Waals surface area contributed by atoms with Crippen molar-refractivity contribution in [3.8, 4) is 5.75 Å². The summed E-state index contributed by atoms with van der Waals surface area (Å²) in [6, 6.07) is 4.70. The first-order chi connectivity index (χ1) is 15.9. The molecule has 7 heteroatoms. The van der Waals surface area contributed by atoms with Crippen molar-refractivity contribution >= 4 is 23.4 Å². The van der Waals surface area contributed by atoms with E-state index in [1.165, 1.54) is 32.1 Å². The second-order valence-corrected chi connectivity index (χ2v) is 10.6. The van der Waals surface area contributed by atoms with Crippen molar-refractivity contribution in [3.63, 3.8) is 0 Å². The van der Waals surface area contributed by atoms with E-state index < -0.39 is 5.54 Å². The third-order valence-corrected chi connectivity index (χ3v) is 8.30. The Morgan fingerprint density at radius 2 is 1.88 bits per heavy atom. The quantitative estimate of drug-likeness (QED) is 0.610. The van der Waals surface area contributed by atoms with Gasteiger partial charge in [0.1, 0.15) is 17.3 Å². The van der Waals surface area contributed by atoms with Crippen LogP contribution in [0.4, 0.5) is 0 Å². The summed E-state index contributed by atoms with van der Waals surface area (Å²) in [5.74, 6) is 0.880. The van der Waals surface area contributed by atoms with E-state index in [4.69, 9.17) is 11.6 Å². The number of likely N-dealkylation sites (tertiary alicyclic amines) is 1. The molecule has 1 spiro atoms. The molecule has 3 aliphatic rings. The van der Waals surface area contributed by atoms with Gasteiger partial charge in [-0.1, -0.05) is 63.1 Å². The molecule has 3 fully saturated rings. The number of amides is 2. The van der Waals surface area contributed by atoms with Crippen molar-refractivity contribution < 1.29 is 14.7 Å². The maximum atomic E-state index is 13.6. The largest absolute Gasteiger partial charge is 0.508 e. The van der Waals surface area contributed by atoms with E-state index in [1.54, 1.807) is 12.1 Å². The minimum Gasteiger partial charge on any atom is -0.508 e. The SMILES string of the molecule is CCCCN1C(=O)C(CC2CCCCC2)NC(=O)C12CCN(Cc1ccc(O)cc1Cl)CC2. The molecule has 0 bridgehead atoms. The molecule has 2 N–H and O–H groups in total. The number of rotatable bonds is 7. The number of carbonyl (C=O) groups excluding carboxylic acids is 2. The van der Waals surface area contributed by atoms with Gasteiger partial charge in [0.25, 0.3) is 0 Å². The molecule has 2 saturated heterocycles. The molecule has 2 aliphatic heterocycles. The van der Waals surface area contributed by atoms with Crippen LogP contribution in [0.2, 0.25) is 5.02 Å². The number of carbonyl (C=O) groups is 2. The zero-order valence-corrected chi connectivity index (χ0v) is 20.6. The van der Waals surface area contributed by atoms with Crippen molar-refractivity contribution in [3.05, 3.63) is 28.8 Å². The molecule has 1 unspecified atom stereocenters. The maximum absolute atomic E-state index is 13.6. The van der Waals surface area contributed by atoms with Crippen LogP contribution >= 0.6 is 11.6 Å². The summed E-state index contributed by atoms with van der Waals surface area (Å²) in [4.78, 5) is 31.4. The summed E-state index contributed by atoms with van der Waals surface area (Å²) >= 11 is 6.31. The van der Waals surface area contributed by atoms with Gasteiger partial charge in [-0.15, -0.1) is 0 Å². The molecule has 1 atom stereocenters. The summed E-state index contributed by atoms with van der Waals surface area (Å²) in [5, 5.41) is 13.3. The second-order valence-electron chi connectivity index (χ2n) is 10.2. The van der Waals surface area contributed by atoms with Gasteiger partial charge in [-0.05, 0) is 49.3 Å². The second kappa shape index (κ2) is 10.6. The Hall–Kier alpha value is -1.79. The van der Waals surface area contributed by atoms with Crippen molar-refractivity contribution in [2.45, 2.75) is 89.3 Å². The molecule has 4 rings (SSSR count). The van der Waals surface area contributed by atoms with Gasteiger partial charge < -0.3 is 15.3 Å². The Labute approximate surface area is 202 Å². The van der Waals surface area contributed by atoms with Crippen LogP contribution in [-0.2, 0) is 16.1 Å². The number of phenols is 1. The topological polar surface area (TPSA) is 72.9 Å². The standard InChI is InChI=1S/C26H38ClN3O3/c1-2-3-13-30-24(32)23(16-19-7-5-4-6-8-19)28-25(33)26(30)11-14-29(15-12-26)18-20-9-10-21(31)17-22(20)27/h9-10,17,19,23,31H,2-8,11-16,18H2,1H3,(H,28,33). The fraction of sp³-hybridized carbons (Fsp3) is 0.692. The molecule has 0 aromatic heterocycles. The molecule has 1 saturated carbocycles. The lowest BCUT2D eigenvalue weighted by molar-refractivity contribution is -0.162. The average Bonchev–Trinajstić information content (AvgIpc) is 2.81. The lowest BCUT2D eigenvalue weighted by atomic mass is 9.79. The summed E-state index contributed by atoms with van der Waals surface area (Å²) in [6.07, 6.45) is 10.1. The number of aromatic hydroxyl groups is 1. The number of halogens is 1. The molecule has 182 valence electrons. The molecule has 33 heavy (non-hydrogen) atoms. The Morgan fingerprint density at radius 3 is 2.55 bits per heavy atom. The normalized spacial score (nSPS) is 24.3. The highest BCUT2D eigenvalue weighted by atomic mass is 35.5. The van der Waals surface area contributed by atoms with Gasteiger partial charge in [0.15, 0.2) is 0 Å². The average molecular weight is 476 g/mol. The first-order valence-electron chi connectivity index (χ1n) is 12.7. The van der Waals surface area contributed by atoms with Crippen molar-refractivity contribution in [1.82, 2.24) is 15.1 Å². The molecule has 2 amide bonds. The molecule has 1 aliphatic carbocycles. The van der Waals surface area contributed by atoms with E-state index >= 15 is 0 Å². The van der Waals surface area contributed by atoms with E-state index in [-0.39, 0.29) is 23.6 Å². The number of nitrogens with one attached hydrogen (secondary N) is 1. The van der Waals surface area contributed by atoms with Crippen LogP contribution in [0.25, 0.3) is 0 Å². The molecule has 6 nitrogen and oxygen atoms in total. The molecule has 0 radical (unpaired) electrons. The van der Waals surface area contributed by atoms with E-state index in [9.17, 15) is 14.7 Å². The van der Waals surface area contributed by atoms with E-state index in [1.807, 2.05) is 11.0 Å². The van der Waals surface area contributed by atoms with Crippen molar-refractivity contribution in [2.24, 2.45) is 5.92 Å². The van der Waals surface area contributed by atoms with Crippen LogP contribution in [0.15, 0.2) is 18.2 Å². The van der Waals surface area contributed by atoms with Crippen LogP contribution in [0, 0.1) is 5.92 Å². The van der Waals surface area contributed by atoms with Crippen LogP contribution in [-0.4, -0.2) is 57.9 Å². The van der Waals surface area contributed by atoms with Crippen molar-refractivity contribution in [2.75, 3.05) is 19.6 Å². The number of unbranched alkanes of at least 4 members (excludes halogenated alkanes) is 1. The minimum atomic E-state index is -0.732. The zero-order chi connectivity index (χ0) is 23.4. The van der Waals surface area contributed by atoms with Gasteiger partial charge in [-0.3, -0.25) is 14.5 Å². The highest BCUT2D eigenvalue weighted by molar-refractivity contribution is 6.31. The lowest BCUT2D eigenvalue weighted by Crippen LogP contribution is -2.73. The monoisotopic (exact) mass is 475 g/mol. The van der Waals surface area contributed by atoms with Crippen molar-refractivity contribution in [1.29, 1.82) is 0 Å². The lowest BCUT2D eigenvalue weighted by Gasteiger charge is -2.52. The van der Waals surface area contributed by atoms with Crippen LogP contribution in [0.1, 0.15) is 76.7 Å². The van der Waals surface area contributed by atoms with Gasteiger partial charge in [-0.2, -0.15) is 0 Å². The first-order valence-corrected chi connectivity index (χ1v) is 13.1. The number of hydrogen-bond donors (Lipinski definition) is 2. The predicted molar refractivity (Wildman–Crippen MR) is 130 cm³/mol. The number of benzene rings is 1. The number of piperazine rings is 1. The Morgan fingerprint density at radius 1 is 1.15 bits per heavy atom. The fourth-order valence-corrected chi connectivity index (χ4v) is 6.15. The highest BCUT2D eigenvalue weighted by Crippen LogP contribution is 2.36. The summed E-state index contributed by atoms with van der Waals surface area (Å²) in [6.45, 7) is 4.92. The van der Waals surface area contributed by atoms with E-state index in [2.05, 4.69) is 17.1 Å². The van der Waals surface area contributed by atoms with Gasteiger partial charge in [0, 0.05) is 31.2 Å². The van der Waals surface area contributed by atoms with Gasteiger partial charge in [-0.25, -0.2) is 0 Å². The molecular formula is C26H38ClN3O3. The van der Waals surface area contributed by atoms with E-state index in [0.29, 0.717) is 36.9 Å². The fourth-order valence-electron chi connectivity index (χ4n) is 5.92. The predicted octanol–water partition coefficient (Wildman–Crippen LogP) is 4.48. The summed E-state index contributed by atoms with van der Waals surface area (Å²) in [7, 11) is 0. The number of hydrogen-bond acceptors (Lipinski definition) is 4. The van der Waals surface area contributed by atoms with Crippen LogP contribution < -0.4 is 5.32 Å². The Bertz CT molecular complexity index is 847. The number of phenolic OH excluding ortho intramolecular Hbond substituents is 1. The Kier molecular flexibility index (Phi) is 7.85. The third-order valence-electron chi connectivity index (χ3n) is 7.95. The highest BCUT2D eigenvalue weighted by Gasteiger charge is 2.53. The van der Waals surface area contributed by atoms with Crippen LogP contribution in [0.5, 0.6) is 5.75 Å². The third kappa shape index (κ3) is 5.32. The van der Waals surface area contributed by atoms with Gasteiger partial charge in [0.05, 0.1) is 0 Å². The minimum absolute atomic E-state index is 0.0429. The summed E-state index contributed by atoms with van der Waals surface area (Å²) in [5.41, 5.74) is 0.231. The Balaban J connectivity index is 1.45. The summed E-state index contributed by atoms with van der Waals surface area (Å²) < 4.78 is 0. The van der Waals surface area contributed by atoms with E-state index in [0.717, 1.165) is 37.9 Å². The first kappa shape index (κ1) is 24.3. The van der Waals surface area contributed by atoms with Crippen LogP contribution in [0.3, 0.4) is 0 Å².